The minimum absolute atomic E-state index is 0.0584. The lowest BCUT2D eigenvalue weighted by Gasteiger charge is -2.32. The maximum absolute atomic E-state index is 11.7. The molecule has 1 aliphatic rings. The van der Waals surface area contributed by atoms with E-state index in [-0.39, 0.29) is 11.9 Å². The molecule has 0 saturated carbocycles. The summed E-state index contributed by atoms with van der Waals surface area (Å²) in [5.74, 6) is 1.15. The summed E-state index contributed by atoms with van der Waals surface area (Å²) in [5.41, 5.74) is 0.901. The van der Waals surface area contributed by atoms with Gasteiger partial charge in [-0.15, -0.1) is 0 Å². The van der Waals surface area contributed by atoms with E-state index in [1.807, 2.05) is 29.2 Å². The van der Waals surface area contributed by atoms with E-state index in [9.17, 15) is 4.79 Å². The van der Waals surface area contributed by atoms with Crippen LogP contribution in [0, 0.1) is 0 Å². The predicted octanol–water partition coefficient (Wildman–Crippen LogP) is 3.57. The number of aromatic nitrogens is 2. The Kier molecular flexibility index (Phi) is 4.05. The summed E-state index contributed by atoms with van der Waals surface area (Å²) in [5, 5.41) is 4.05. The molecule has 1 aromatic heterocycles. The second-order valence-electron chi connectivity index (χ2n) is 5.19. The average molecular weight is 350 g/mol. The number of carbonyl (C=O) groups is 1. The van der Waals surface area contributed by atoms with Crippen molar-refractivity contribution in [1.82, 2.24) is 15.0 Å². The van der Waals surface area contributed by atoms with Crippen LogP contribution in [0.5, 0.6) is 0 Å². The highest BCUT2D eigenvalue weighted by Crippen LogP contribution is 2.31. The van der Waals surface area contributed by atoms with Crippen molar-refractivity contribution in [2.24, 2.45) is 0 Å². The van der Waals surface area contributed by atoms with E-state index in [1.165, 1.54) is 0 Å². The molecule has 1 unspecified atom stereocenters. The molecule has 110 valence electrons. The van der Waals surface area contributed by atoms with Gasteiger partial charge in [-0.3, -0.25) is 4.79 Å². The first-order valence-electron chi connectivity index (χ1n) is 7.02. The number of halogens is 1. The molecule has 1 aromatic carbocycles. The Balaban J connectivity index is 1.86. The number of hydrogen-bond acceptors (Lipinski definition) is 4. The van der Waals surface area contributed by atoms with Gasteiger partial charge in [0.25, 0.3) is 0 Å². The SMILES string of the molecule is CC(=O)N1CCCCC1c1nc(-c2ccc(Br)cc2)no1. The van der Waals surface area contributed by atoms with Crippen LogP contribution in [0.1, 0.15) is 38.1 Å². The van der Waals surface area contributed by atoms with Gasteiger partial charge in [-0.2, -0.15) is 4.98 Å². The number of nitrogens with zero attached hydrogens (tertiary/aromatic N) is 3. The van der Waals surface area contributed by atoms with E-state index in [0.29, 0.717) is 11.7 Å². The third-order valence-corrected chi connectivity index (χ3v) is 4.27. The standard InChI is InChI=1S/C15H16BrN3O2/c1-10(20)19-9-3-2-4-13(19)15-17-14(18-21-15)11-5-7-12(16)8-6-11/h5-8,13H,2-4,9H2,1H3. The fraction of sp³-hybridized carbons (Fsp3) is 0.400. The molecule has 1 amide bonds. The van der Waals surface area contributed by atoms with E-state index in [2.05, 4.69) is 26.1 Å². The smallest absolute Gasteiger partial charge is 0.249 e. The molecule has 1 aliphatic heterocycles. The molecule has 1 saturated heterocycles. The van der Waals surface area contributed by atoms with Crippen molar-refractivity contribution in [2.45, 2.75) is 32.2 Å². The van der Waals surface area contributed by atoms with Crippen LogP contribution in [0.4, 0.5) is 0 Å². The summed E-state index contributed by atoms with van der Waals surface area (Å²) in [6.07, 6.45) is 2.98. The summed E-state index contributed by atoms with van der Waals surface area (Å²) in [6, 6.07) is 7.65. The average Bonchev–Trinajstić information content (AvgIpc) is 2.97. The largest absolute Gasteiger partial charge is 0.337 e. The van der Waals surface area contributed by atoms with Crippen molar-refractivity contribution < 1.29 is 9.32 Å². The second kappa shape index (κ2) is 5.97. The third-order valence-electron chi connectivity index (χ3n) is 3.74. The van der Waals surface area contributed by atoms with Crippen molar-refractivity contribution in [3.63, 3.8) is 0 Å². The molecule has 2 heterocycles. The van der Waals surface area contributed by atoms with Crippen LogP contribution in [0.3, 0.4) is 0 Å². The monoisotopic (exact) mass is 349 g/mol. The van der Waals surface area contributed by atoms with Gasteiger partial charge < -0.3 is 9.42 Å². The van der Waals surface area contributed by atoms with Crippen LogP contribution in [-0.4, -0.2) is 27.5 Å². The molecule has 21 heavy (non-hydrogen) atoms. The molecule has 0 aliphatic carbocycles. The van der Waals surface area contributed by atoms with Crippen LogP contribution in [0.25, 0.3) is 11.4 Å². The van der Waals surface area contributed by atoms with Crippen molar-refractivity contribution in [2.75, 3.05) is 6.54 Å². The minimum atomic E-state index is -0.0899. The summed E-state index contributed by atoms with van der Waals surface area (Å²) >= 11 is 3.40. The first kappa shape index (κ1) is 14.3. The van der Waals surface area contributed by atoms with Crippen molar-refractivity contribution in [3.8, 4) is 11.4 Å². The number of likely N-dealkylation sites (tertiary alicyclic amines) is 1. The molecule has 0 bridgehead atoms. The summed E-state index contributed by atoms with van der Waals surface area (Å²) in [6.45, 7) is 2.35. The fourth-order valence-corrected chi connectivity index (χ4v) is 2.92. The van der Waals surface area contributed by atoms with Gasteiger partial charge in [-0.1, -0.05) is 21.1 Å². The van der Waals surface area contributed by atoms with Gasteiger partial charge in [-0.25, -0.2) is 0 Å². The summed E-state index contributed by atoms with van der Waals surface area (Å²) in [7, 11) is 0. The van der Waals surface area contributed by atoms with Gasteiger partial charge in [-0.05, 0) is 43.5 Å². The number of benzene rings is 1. The number of hydrogen-bond donors (Lipinski definition) is 0. The van der Waals surface area contributed by atoms with E-state index in [0.717, 1.165) is 35.8 Å². The third kappa shape index (κ3) is 3.00. The van der Waals surface area contributed by atoms with E-state index in [1.54, 1.807) is 6.92 Å². The van der Waals surface area contributed by atoms with Crippen LogP contribution in [-0.2, 0) is 4.79 Å². The molecule has 0 spiro atoms. The lowest BCUT2D eigenvalue weighted by atomic mass is 10.0. The quantitative estimate of drug-likeness (QED) is 0.831. The molecular weight excluding hydrogens is 334 g/mol. The maximum atomic E-state index is 11.7. The van der Waals surface area contributed by atoms with Gasteiger partial charge in [0.15, 0.2) is 0 Å². The second-order valence-corrected chi connectivity index (χ2v) is 6.10. The number of piperidine rings is 1. The Morgan fingerprint density at radius 1 is 1.33 bits per heavy atom. The highest BCUT2D eigenvalue weighted by atomic mass is 79.9. The van der Waals surface area contributed by atoms with Crippen molar-refractivity contribution >= 4 is 21.8 Å². The maximum Gasteiger partial charge on any atom is 0.249 e. The fourth-order valence-electron chi connectivity index (χ4n) is 2.65. The molecule has 0 N–H and O–H groups in total. The number of amides is 1. The number of rotatable bonds is 2. The van der Waals surface area contributed by atoms with Gasteiger partial charge in [0.05, 0.1) is 0 Å². The van der Waals surface area contributed by atoms with Crippen LogP contribution in [0.15, 0.2) is 33.3 Å². The first-order valence-corrected chi connectivity index (χ1v) is 7.81. The Hall–Kier alpha value is -1.69. The topological polar surface area (TPSA) is 59.2 Å². The molecule has 5 nitrogen and oxygen atoms in total. The Bertz CT molecular complexity index is 639. The first-order chi connectivity index (χ1) is 10.1. The Morgan fingerprint density at radius 3 is 2.81 bits per heavy atom. The normalized spacial score (nSPS) is 18.8. The molecule has 3 rings (SSSR count). The van der Waals surface area contributed by atoms with E-state index < -0.39 is 0 Å². The Morgan fingerprint density at radius 2 is 2.10 bits per heavy atom. The lowest BCUT2D eigenvalue weighted by molar-refractivity contribution is -0.133. The van der Waals surface area contributed by atoms with Crippen LogP contribution >= 0.6 is 15.9 Å². The molecule has 0 radical (unpaired) electrons. The van der Waals surface area contributed by atoms with Gasteiger partial charge in [0.2, 0.25) is 17.6 Å². The molecule has 1 atom stereocenters. The molecular formula is C15H16BrN3O2. The zero-order chi connectivity index (χ0) is 14.8. The van der Waals surface area contributed by atoms with Gasteiger partial charge >= 0.3 is 0 Å². The highest BCUT2D eigenvalue weighted by Gasteiger charge is 2.30. The van der Waals surface area contributed by atoms with E-state index >= 15 is 0 Å². The minimum Gasteiger partial charge on any atom is -0.337 e. The Labute approximate surface area is 131 Å². The highest BCUT2D eigenvalue weighted by molar-refractivity contribution is 9.10. The summed E-state index contributed by atoms with van der Waals surface area (Å²) < 4.78 is 6.41. The number of carbonyl (C=O) groups excluding carboxylic acids is 1. The summed E-state index contributed by atoms with van der Waals surface area (Å²) in [4.78, 5) is 18.0. The van der Waals surface area contributed by atoms with Crippen LogP contribution in [0.2, 0.25) is 0 Å². The van der Waals surface area contributed by atoms with E-state index in [4.69, 9.17) is 4.52 Å². The van der Waals surface area contributed by atoms with Crippen molar-refractivity contribution in [3.05, 3.63) is 34.6 Å². The zero-order valence-electron chi connectivity index (χ0n) is 11.8. The predicted molar refractivity (Wildman–Crippen MR) is 81.4 cm³/mol. The lowest BCUT2D eigenvalue weighted by Crippen LogP contribution is -2.37. The van der Waals surface area contributed by atoms with Gasteiger partial charge in [0.1, 0.15) is 6.04 Å². The zero-order valence-corrected chi connectivity index (χ0v) is 13.3. The van der Waals surface area contributed by atoms with Crippen LogP contribution < -0.4 is 0 Å². The molecule has 1 fully saturated rings. The van der Waals surface area contributed by atoms with Crippen molar-refractivity contribution in [1.29, 1.82) is 0 Å². The van der Waals surface area contributed by atoms with Gasteiger partial charge in [0, 0.05) is 23.5 Å². The molecule has 2 aromatic rings. The molecule has 6 heteroatoms.